The Morgan fingerprint density at radius 2 is 2.00 bits per heavy atom. The van der Waals surface area contributed by atoms with Crippen molar-refractivity contribution in [3.05, 3.63) is 18.0 Å². The third kappa shape index (κ3) is 5.66. The van der Waals surface area contributed by atoms with Crippen molar-refractivity contribution in [2.24, 2.45) is 5.92 Å². The molecule has 0 spiro atoms. The summed E-state index contributed by atoms with van der Waals surface area (Å²) >= 11 is 0. The van der Waals surface area contributed by atoms with Gasteiger partial charge < -0.3 is 15.1 Å². The Morgan fingerprint density at radius 3 is 2.77 bits per heavy atom. The number of likely N-dealkylation sites (tertiary alicyclic amines) is 1. The highest BCUT2D eigenvalue weighted by Crippen LogP contribution is 2.20. The smallest absolute Gasteiger partial charge is 0.225 e. The van der Waals surface area contributed by atoms with Crippen LogP contribution in [0.3, 0.4) is 0 Å². The first-order valence-electron chi connectivity index (χ1n) is 10.3. The summed E-state index contributed by atoms with van der Waals surface area (Å²) in [7, 11) is 0. The molecule has 3 rings (SSSR count). The van der Waals surface area contributed by atoms with E-state index in [1.165, 1.54) is 38.8 Å². The second kappa shape index (κ2) is 9.86. The molecule has 2 saturated heterocycles. The van der Waals surface area contributed by atoms with Crippen LogP contribution in [0.15, 0.2) is 12.3 Å². The summed E-state index contributed by atoms with van der Waals surface area (Å²) in [5.74, 6) is 0.993. The number of aryl methyl sites for hydroxylation is 1. The lowest BCUT2D eigenvalue weighted by atomic mass is 9.97. The van der Waals surface area contributed by atoms with E-state index in [1.807, 2.05) is 13.0 Å². The number of carbonyl (C=O) groups excluding carboxylic acids is 1. The van der Waals surface area contributed by atoms with Crippen LogP contribution >= 0.6 is 0 Å². The van der Waals surface area contributed by atoms with Gasteiger partial charge in [0.1, 0.15) is 0 Å². The lowest BCUT2D eigenvalue weighted by molar-refractivity contribution is -0.125. The number of hydrogen-bond acceptors (Lipinski definition) is 5. The van der Waals surface area contributed by atoms with Crippen molar-refractivity contribution in [2.75, 3.05) is 44.2 Å². The van der Waals surface area contributed by atoms with E-state index >= 15 is 0 Å². The van der Waals surface area contributed by atoms with E-state index < -0.39 is 0 Å². The molecule has 3 heterocycles. The van der Waals surface area contributed by atoms with E-state index in [0.717, 1.165) is 57.1 Å². The van der Waals surface area contributed by atoms with Gasteiger partial charge in [0, 0.05) is 31.5 Å². The van der Waals surface area contributed by atoms with Gasteiger partial charge in [-0.3, -0.25) is 4.79 Å². The highest BCUT2D eigenvalue weighted by molar-refractivity contribution is 5.79. The fourth-order valence-corrected chi connectivity index (χ4v) is 3.98. The normalized spacial score (nSPS) is 22.0. The summed E-state index contributed by atoms with van der Waals surface area (Å²) in [6, 6.07) is 1.90. The molecule has 6 nitrogen and oxygen atoms in total. The fraction of sp³-hybridized carbons (Fsp3) is 0.750. The predicted octanol–water partition coefficient (Wildman–Crippen LogP) is 2.38. The van der Waals surface area contributed by atoms with Crippen molar-refractivity contribution < 1.29 is 4.79 Å². The Kier molecular flexibility index (Phi) is 7.23. The number of piperidine rings is 1. The van der Waals surface area contributed by atoms with Crippen molar-refractivity contribution in [1.82, 2.24) is 20.2 Å². The van der Waals surface area contributed by atoms with Gasteiger partial charge in [-0.2, -0.15) is 0 Å². The molecule has 1 atom stereocenters. The lowest BCUT2D eigenvalue weighted by Gasteiger charge is -2.32. The molecule has 2 fully saturated rings. The molecule has 2 aliphatic rings. The summed E-state index contributed by atoms with van der Waals surface area (Å²) in [6.45, 7) is 7.97. The van der Waals surface area contributed by atoms with Crippen molar-refractivity contribution >= 4 is 11.9 Å². The topological polar surface area (TPSA) is 61.4 Å². The number of aromatic nitrogens is 2. The van der Waals surface area contributed by atoms with Gasteiger partial charge in [0.05, 0.1) is 5.92 Å². The maximum Gasteiger partial charge on any atom is 0.225 e. The van der Waals surface area contributed by atoms with Crippen LogP contribution in [0.4, 0.5) is 5.95 Å². The quantitative estimate of drug-likeness (QED) is 0.790. The largest absolute Gasteiger partial charge is 0.356 e. The molecule has 0 radical (unpaired) electrons. The van der Waals surface area contributed by atoms with E-state index in [0.29, 0.717) is 0 Å². The maximum absolute atomic E-state index is 12.6. The van der Waals surface area contributed by atoms with E-state index in [-0.39, 0.29) is 11.8 Å². The zero-order valence-corrected chi connectivity index (χ0v) is 16.1. The minimum Gasteiger partial charge on any atom is -0.356 e. The van der Waals surface area contributed by atoms with Gasteiger partial charge in [-0.05, 0) is 64.7 Å². The lowest BCUT2D eigenvalue weighted by Crippen LogP contribution is -2.44. The number of carbonyl (C=O) groups is 1. The number of nitrogens with zero attached hydrogens (tertiary/aromatic N) is 4. The molecule has 0 aliphatic carbocycles. The molecule has 1 aromatic heterocycles. The number of nitrogens with one attached hydrogen (secondary N) is 1. The average Bonchev–Trinajstić information content (AvgIpc) is 2.94. The monoisotopic (exact) mass is 359 g/mol. The third-order valence-electron chi connectivity index (χ3n) is 5.51. The van der Waals surface area contributed by atoms with Crippen molar-refractivity contribution in [3.8, 4) is 0 Å². The SMILES string of the molecule is Cc1ccnc(N2CCCC(C(=O)NCCCN3CCCCCC3)C2)n1. The minimum atomic E-state index is 0.0473. The third-order valence-corrected chi connectivity index (χ3v) is 5.51. The number of hydrogen-bond donors (Lipinski definition) is 1. The van der Waals surface area contributed by atoms with Crippen molar-refractivity contribution in [3.63, 3.8) is 0 Å². The first-order chi connectivity index (χ1) is 12.7. The van der Waals surface area contributed by atoms with Crippen LogP contribution in [-0.4, -0.2) is 60.0 Å². The molecule has 2 aliphatic heterocycles. The van der Waals surface area contributed by atoms with Crippen LogP contribution in [0.25, 0.3) is 0 Å². The number of anilines is 1. The van der Waals surface area contributed by atoms with Gasteiger partial charge >= 0.3 is 0 Å². The second-order valence-electron chi connectivity index (χ2n) is 7.68. The molecule has 0 saturated carbocycles. The Hall–Kier alpha value is -1.69. The number of amides is 1. The molecule has 1 amide bonds. The predicted molar refractivity (Wildman–Crippen MR) is 104 cm³/mol. The zero-order valence-electron chi connectivity index (χ0n) is 16.1. The average molecular weight is 360 g/mol. The van der Waals surface area contributed by atoms with Crippen molar-refractivity contribution in [2.45, 2.75) is 51.9 Å². The molecule has 144 valence electrons. The van der Waals surface area contributed by atoms with Crippen LogP contribution in [0.1, 0.15) is 50.6 Å². The van der Waals surface area contributed by atoms with Crippen LogP contribution < -0.4 is 10.2 Å². The molecule has 0 aromatic carbocycles. The molecule has 1 aromatic rings. The van der Waals surface area contributed by atoms with Gasteiger partial charge in [-0.25, -0.2) is 9.97 Å². The summed E-state index contributed by atoms with van der Waals surface area (Å²) in [6.07, 6.45) is 10.2. The van der Waals surface area contributed by atoms with Crippen molar-refractivity contribution in [1.29, 1.82) is 0 Å². The first-order valence-corrected chi connectivity index (χ1v) is 10.3. The van der Waals surface area contributed by atoms with E-state index in [9.17, 15) is 4.79 Å². The molecular weight excluding hydrogens is 326 g/mol. The molecule has 1 N–H and O–H groups in total. The van der Waals surface area contributed by atoms with Crippen LogP contribution in [0.5, 0.6) is 0 Å². The van der Waals surface area contributed by atoms with Gasteiger partial charge in [-0.15, -0.1) is 0 Å². The maximum atomic E-state index is 12.6. The summed E-state index contributed by atoms with van der Waals surface area (Å²) in [5, 5.41) is 3.16. The molecule has 26 heavy (non-hydrogen) atoms. The number of rotatable bonds is 6. The Bertz CT molecular complexity index is 571. The Labute approximate surface area is 157 Å². The van der Waals surface area contributed by atoms with Gasteiger partial charge in [0.15, 0.2) is 0 Å². The van der Waals surface area contributed by atoms with Gasteiger partial charge in [0.2, 0.25) is 11.9 Å². The summed E-state index contributed by atoms with van der Waals surface area (Å²) in [5.41, 5.74) is 0.968. The first kappa shape index (κ1) is 19.1. The van der Waals surface area contributed by atoms with Gasteiger partial charge in [0.25, 0.3) is 0 Å². The molecule has 0 bridgehead atoms. The highest BCUT2D eigenvalue weighted by atomic mass is 16.1. The van der Waals surface area contributed by atoms with E-state index in [1.54, 1.807) is 6.20 Å². The van der Waals surface area contributed by atoms with Crippen LogP contribution in [-0.2, 0) is 4.79 Å². The zero-order chi connectivity index (χ0) is 18.2. The fourth-order valence-electron chi connectivity index (χ4n) is 3.98. The molecular formula is C20H33N5O. The van der Waals surface area contributed by atoms with Gasteiger partial charge in [-0.1, -0.05) is 12.8 Å². The van der Waals surface area contributed by atoms with E-state index in [4.69, 9.17) is 0 Å². The second-order valence-corrected chi connectivity index (χ2v) is 7.68. The van der Waals surface area contributed by atoms with E-state index in [2.05, 4.69) is 25.1 Å². The highest BCUT2D eigenvalue weighted by Gasteiger charge is 2.26. The van der Waals surface area contributed by atoms with Crippen LogP contribution in [0, 0.1) is 12.8 Å². The standard InChI is InChI=1S/C20H33N5O/c1-17-9-11-22-20(23-17)25-15-6-8-18(16-25)19(26)21-10-7-14-24-12-4-2-3-5-13-24/h9,11,18H,2-8,10,12-16H2,1H3,(H,21,26). The Morgan fingerprint density at radius 1 is 1.19 bits per heavy atom. The Balaban J connectivity index is 1.40. The molecule has 1 unspecified atom stereocenters. The summed E-state index contributed by atoms with van der Waals surface area (Å²) in [4.78, 5) is 26.1. The summed E-state index contributed by atoms with van der Waals surface area (Å²) < 4.78 is 0. The molecule has 6 heteroatoms. The van der Waals surface area contributed by atoms with Crippen LogP contribution in [0.2, 0.25) is 0 Å². The minimum absolute atomic E-state index is 0.0473.